The number of hydrogen-bond acceptors (Lipinski definition) is 14. The first-order valence-corrected chi connectivity index (χ1v) is 20.1. The van der Waals surface area contributed by atoms with Gasteiger partial charge in [-0.3, -0.25) is 14.4 Å². The molecule has 0 fully saturated rings. The molecule has 2 aromatic rings. The number of oxime groups is 1. The average molecular weight is 825 g/mol. The first kappa shape index (κ1) is 46.6. The topological polar surface area (TPSA) is 223 Å². The highest BCUT2D eigenvalue weighted by atomic mass is 16.7. The van der Waals surface area contributed by atoms with Crippen molar-refractivity contribution in [3.05, 3.63) is 52.8 Å². The van der Waals surface area contributed by atoms with E-state index in [1.165, 1.54) is 53.2 Å². The fourth-order valence-corrected chi connectivity index (χ4v) is 7.61. The van der Waals surface area contributed by atoms with Crippen LogP contribution in [0.15, 0.2) is 41.3 Å². The van der Waals surface area contributed by atoms with Crippen LogP contribution in [0.4, 0.5) is 5.69 Å². The molecule has 5 bridgehead atoms. The molecule has 5 rings (SSSR count). The molecule has 59 heavy (non-hydrogen) atoms. The number of carbonyl (C=O) groups excluding carboxylic acids is 3. The number of ketones is 1. The Hall–Kier alpha value is -5.12. The number of hydrogen-bond donors (Lipinski definition) is 6. The largest absolute Gasteiger partial charge is 0.507 e. The second kappa shape index (κ2) is 19.8. The van der Waals surface area contributed by atoms with E-state index in [0.717, 1.165) is 25.5 Å². The van der Waals surface area contributed by atoms with Gasteiger partial charge in [-0.05, 0) is 32.8 Å². The van der Waals surface area contributed by atoms with Crippen molar-refractivity contribution in [3.63, 3.8) is 0 Å². The summed E-state index contributed by atoms with van der Waals surface area (Å²) in [4.78, 5) is 45.8. The number of rotatable bonds is 9. The third-order valence-corrected chi connectivity index (χ3v) is 11.4. The van der Waals surface area contributed by atoms with Crippen LogP contribution in [0.3, 0.4) is 0 Å². The number of fused-ring (bicyclic) bond motifs is 14. The Labute approximate surface area is 345 Å². The van der Waals surface area contributed by atoms with Crippen LogP contribution in [0.25, 0.3) is 10.8 Å². The number of unbranched alkanes of at least 4 members (excludes halogenated alkanes) is 3. The molecular weight excluding hydrogens is 764 g/mol. The Bertz CT molecular complexity index is 2010. The van der Waals surface area contributed by atoms with Gasteiger partial charge in [0.15, 0.2) is 5.75 Å². The van der Waals surface area contributed by atoms with Gasteiger partial charge >= 0.3 is 11.8 Å². The molecule has 0 aliphatic carbocycles. The summed E-state index contributed by atoms with van der Waals surface area (Å²) < 4.78 is 23.5. The number of aliphatic hydroxyl groups is 2. The highest BCUT2D eigenvalue weighted by molar-refractivity contribution is 6.23. The molecule has 6 N–H and O–H groups in total. The highest BCUT2D eigenvalue weighted by Gasteiger charge is 2.50. The maximum Gasteiger partial charge on any atom is 0.312 e. The van der Waals surface area contributed by atoms with Crippen LogP contribution >= 0.6 is 0 Å². The lowest BCUT2D eigenvalue weighted by molar-refractivity contribution is -0.160. The molecule has 0 radical (unpaired) electrons. The lowest BCUT2D eigenvalue weighted by Gasteiger charge is -2.38. The van der Waals surface area contributed by atoms with Crippen LogP contribution in [0.2, 0.25) is 0 Å². The summed E-state index contributed by atoms with van der Waals surface area (Å²) in [6, 6.07) is 0. The van der Waals surface area contributed by atoms with Gasteiger partial charge in [0.1, 0.15) is 30.0 Å². The monoisotopic (exact) mass is 824 g/mol. The van der Waals surface area contributed by atoms with E-state index in [9.17, 15) is 39.9 Å². The van der Waals surface area contributed by atoms with Crippen molar-refractivity contribution in [2.75, 3.05) is 19.0 Å². The number of amides is 1. The lowest BCUT2D eigenvalue weighted by Crippen LogP contribution is -2.46. The van der Waals surface area contributed by atoms with Crippen molar-refractivity contribution < 1.29 is 63.7 Å². The van der Waals surface area contributed by atoms with Gasteiger partial charge < -0.3 is 54.6 Å². The van der Waals surface area contributed by atoms with Crippen LogP contribution in [0.1, 0.15) is 103 Å². The maximum absolute atomic E-state index is 14.4. The Morgan fingerprint density at radius 1 is 0.949 bits per heavy atom. The molecule has 0 saturated carbocycles. The summed E-state index contributed by atoms with van der Waals surface area (Å²) in [7, 11) is 1.43. The van der Waals surface area contributed by atoms with E-state index in [1.54, 1.807) is 39.8 Å². The Morgan fingerprint density at radius 3 is 2.29 bits per heavy atom. The van der Waals surface area contributed by atoms with E-state index >= 15 is 0 Å². The Morgan fingerprint density at radius 2 is 1.64 bits per heavy atom. The van der Waals surface area contributed by atoms with Crippen molar-refractivity contribution in [2.45, 2.75) is 118 Å². The molecule has 9 atom stereocenters. The molecule has 0 aromatic heterocycles. The molecule has 3 aliphatic heterocycles. The van der Waals surface area contributed by atoms with Crippen LogP contribution < -0.4 is 10.1 Å². The minimum atomic E-state index is -2.05. The van der Waals surface area contributed by atoms with Crippen molar-refractivity contribution in [1.82, 2.24) is 0 Å². The molecule has 324 valence electrons. The smallest absolute Gasteiger partial charge is 0.312 e. The number of methoxy groups -OCH3 is 1. The van der Waals surface area contributed by atoms with E-state index in [1.807, 2.05) is 0 Å². The normalized spacial score (nSPS) is 30.1. The number of aromatic hydroxyl groups is 3. The van der Waals surface area contributed by atoms with Crippen LogP contribution in [0, 0.1) is 30.6 Å². The van der Waals surface area contributed by atoms with E-state index in [0.29, 0.717) is 6.42 Å². The zero-order chi connectivity index (χ0) is 43.9. The molecule has 15 nitrogen and oxygen atoms in total. The number of nitrogens with zero attached hydrogens (tertiary/aromatic N) is 1. The number of carbonyl (C=O) groups is 3. The first-order chi connectivity index (χ1) is 27.8. The maximum atomic E-state index is 14.4. The fraction of sp³-hybridized carbons (Fsp3) is 0.545. The van der Waals surface area contributed by atoms with Crippen molar-refractivity contribution in [3.8, 4) is 23.0 Å². The van der Waals surface area contributed by atoms with Gasteiger partial charge in [-0.2, -0.15) is 0 Å². The third kappa shape index (κ3) is 9.85. The number of phenolic OH excluding ortho intramolecular Hbond substituents is 3. The van der Waals surface area contributed by atoms with Crippen LogP contribution in [-0.2, 0) is 28.6 Å². The van der Waals surface area contributed by atoms with E-state index in [-0.39, 0.29) is 51.1 Å². The van der Waals surface area contributed by atoms with Gasteiger partial charge in [0.2, 0.25) is 0 Å². The highest BCUT2D eigenvalue weighted by Crippen LogP contribution is 2.55. The van der Waals surface area contributed by atoms with Crippen molar-refractivity contribution in [2.24, 2.45) is 28.8 Å². The van der Waals surface area contributed by atoms with Gasteiger partial charge in [-0.15, -0.1) is 0 Å². The Balaban J connectivity index is 1.93. The number of Topliss-reactive ketones (excluding diaryl/α,β-unsaturated/α-hetero) is 1. The van der Waals surface area contributed by atoms with Gasteiger partial charge in [-0.1, -0.05) is 70.8 Å². The minimum Gasteiger partial charge on any atom is -0.507 e. The fourth-order valence-electron chi connectivity index (χ4n) is 7.61. The van der Waals surface area contributed by atoms with Crippen LogP contribution in [-0.4, -0.2) is 93.3 Å². The van der Waals surface area contributed by atoms with Gasteiger partial charge in [0.25, 0.3) is 11.7 Å². The molecule has 0 unspecified atom stereocenters. The summed E-state index contributed by atoms with van der Waals surface area (Å²) >= 11 is 0. The van der Waals surface area contributed by atoms with Gasteiger partial charge in [-0.25, -0.2) is 0 Å². The number of esters is 1. The SMILES string of the molecule is CCCCCCO/N=C/c1c2c(O)c3c(O)c(C)c4c(c3c1O)C(=O)[C@@](C)(O/C=C/[C@H](OC)[C@@H](C)[C@@H](OC(C)=O)[C@H](C)[C@H](O)[C@H](C)[C@@H](O)[C@H](C)/C=C/C=C(/C)C(=O)N2)O4. The van der Waals surface area contributed by atoms with E-state index < -0.39 is 88.8 Å². The predicted octanol–water partition coefficient (Wildman–Crippen LogP) is 6.68. The summed E-state index contributed by atoms with van der Waals surface area (Å²) in [6.07, 6.45) is 8.25. The number of ether oxygens (including phenoxy) is 4. The number of allylic oxidation sites excluding steroid dienone is 2. The minimum absolute atomic E-state index is 0.0402. The number of phenols is 3. The third-order valence-electron chi connectivity index (χ3n) is 11.4. The summed E-state index contributed by atoms with van der Waals surface area (Å²) in [6.45, 7) is 14.8. The zero-order valence-electron chi connectivity index (χ0n) is 35.6. The molecule has 2 aromatic carbocycles. The molecule has 0 saturated heterocycles. The number of aliphatic hydroxyl groups excluding tert-OH is 2. The second-order valence-corrected chi connectivity index (χ2v) is 15.7. The number of anilines is 1. The first-order valence-electron chi connectivity index (χ1n) is 20.1. The summed E-state index contributed by atoms with van der Waals surface area (Å²) in [5, 5.41) is 64.1. The van der Waals surface area contributed by atoms with Crippen LogP contribution in [0.5, 0.6) is 23.0 Å². The standard InChI is InChI=1S/C44H60N2O13/c1-11-12-13-14-19-57-45-21-29-34-39(52)32-31(38(29)51)33-41(27(7)37(32)50)59-44(9,42(33)53)56-20-18-30(55-10)24(4)40(58-28(8)47)26(6)36(49)25(5)35(48)22(2)16-15-17-23(3)43(54)46-34/h15-18,20-22,24-26,30,35-36,40,48-52H,11-14,19H2,1-10H3,(H,46,54)/b16-15+,20-18+,23-17-,45-21+/t22-,24-,25-,26-,30+,35+,36-,40-,44+/m1/s1. The molecular formula is C44H60N2O13. The second-order valence-electron chi connectivity index (χ2n) is 15.7. The Kier molecular flexibility index (Phi) is 15.6. The predicted molar refractivity (Wildman–Crippen MR) is 222 cm³/mol. The summed E-state index contributed by atoms with van der Waals surface area (Å²) in [5.74, 6) is -8.56. The number of benzene rings is 2. The molecule has 3 aliphatic rings. The molecule has 3 heterocycles. The molecule has 0 spiro atoms. The van der Waals surface area contributed by atoms with Gasteiger partial charge in [0.05, 0.1) is 53.0 Å². The zero-order valence-corrected chi connectivity index (χ0v) is 35.6. The lowest BCUT2D eigenvalue weighted by atomic mass is 9.78. The number of nitrogens with one attached hydrogen (secondary N) is 1. The van der Waals surface area contributed by atoms with E-state index in [4.69, 9.17) is 23.8 Å². The van der Waals surface area contributed by atoms with Gasteiger partial charge in [0, 0.05) is 61.2 Å². The average Bonchev–Trinajstić information content (AvgIpc) is 3.46. The van der Waals surface area contributed by atoms with Crippen molar-refractivity contribution >= 4 is 40.3 Å². The molecule has 15 heteroatoms. The molecule has 1 amide bonds. The summed E-state index contributed by atoms with van der Waals surface area (Å²) in [5.41, 5.74) is -0.556. The quantitative estimate of drug-likeness (QED) is 0.0388. The van der Waals surface area contributed by atoms with E-state index in [2.05, 4.69) is 17.4 Å². The van der Waals surface area contributed by atoms with Crippen molar-refractivity contribution in [1.29, 1.82) is 0 Å².